The maximum atomic E-state index is 13.0. The number of carbonyl (C=O) groups excluding carboxylic acids is 1. The molecule has 1 N–H and O–H groups in total. The minimum Gasteiger partial charge on any atom is -0.475 e. The number of aryl methyl sites for hydroxylation is 2. The first kappa shape index (κ1) is 21.1. The summed E-state index contributed by atoms with van der Waals surface area (Å²) in [5.41, 5.74) is 4.90. The molecule has 6 nitrogen and oxygen atoms in total. The van der Waals surface area contributed by atoms with Gasteiger partial charge in [0.25, 0.3) is 5.88 Å². The van der Waals surface area contributed by atoms with Crippen molar-refractivity contribution in [1.29, 1.82) is 0 Å². The number of aromatic nitrogens is 2. The SMILES string of the molecule is CCCOc1nc2ccccc2nc1N1CCC[C@@H](C(=O)Nc2ccc(C)c(C)c2)C1. The monoisotopic (exact) mass is 418 g/mol. The molecule has 1 atom stereocenters. The topological polar surface area (TPSA) is 67.4 Å². The fraction of sp³-hybridized carbons (Fsp3) is 0.400. The maximum absolute atomic E-state index is 13.0. The molecule has 0 unspecified atom stereocenters. The Bertz CT molecular complexity index is 1080. The summed E-state index contributed by atoms with van der Waals surface area (Å²) in [6.45, 7) is 8.23. The van der Waals surface area contributed by atoms with E-state index >= 15 is 0 Å². The van der Waals surface area contributed by atoms with Crippen molar-refractivity contribution < 1.29 is 9.53 Å². The van der Waals surface area contributed by atoms with Crippen molar-refractivity contribution in [3.8, 4) is 5.88 Å². The van der Waals surface area contributed by atoms with E-state index in [1.165, 1.54) is 11.1 Å². The predicted molar refractivity (Wildman–Crippen MR) is 125 cm³/mol. The van der Waals surface area contributed by atoms with Gasteiger partial charge in [-0.3, -0.25) is 4.79 Å². The van der Waals surface area contributed by atoms with Crippen molar-refractivity contribution in [2.45, 2.75) is 40.0 Å². The van der Waals surface area contributed by atoms with Crippen LogP contribution >= 0.6 is 0 Å². The lowest BCUT2D eigenvalue weighted by Crippen LogP contribution is -2.41. The highest BCUT2D eigenvalue weighted by molar-refractivity contribution is 5.93. The van der Waals surface area contributed by atoms with E-state index in [0.29, 0.717) is 19.0 Å². The van der Waals surface area contributed by atoms with E-state index in [1.807, 2.05) is 42.5 Å². The van der Waals surface area contributed by atoms with E-state index in [-0.39, 0.29) is 11.8 Å². The number of fused-ring (bicyclic) bond motifs is 1. The average Bonchev–Trinajstić information content (AvgIpc) is 2.79. The number of ether oxygens (including phenoxy) is 1. The van der Waals surface area contributed by atoms with Gasteiger partial charge in [0.1, 0.15) is 0 Å². The molecule has 0 aliphatic carbocycles. The number of benzene rings is 2. The third-order valence-electron chi connectivity index (χ3n) is 5.83. The standard InChI is InChI=1S/C25H30N4O2/c1-4-14-31-25-23(27-21-9-5-6-10-22(21)28-25)29-13-7-8-19(16-29)24(30)26-20-12-11-17(2)18(3)15-20/h5-6,9-12,15,19H,4,7-8,13-14,16H2,1-3H3,(H,26,30)/t19-/m1/s1. The van der Waals surface area contributed by atoms with Gasteiger partial charge in [-0.05, 0) is 68.5 Å². The van der Waals surface area contributed by atoms with E-state index in [0.717, 1.165) is 48.3 Å². The number of carbonyl (C=O) groups is 1. The normalized spacial score (nSPS) is 16.4. The van der Waals surface area contributed by atoms with Crippen molar-refractivity contribution in [3.05, 3.63) is 53.6 Å². The Morgan fingerprint density at radius 2 is 1.90 bits per heavy atom. The van der Waals surface area contributed by atoms with Crippen LogP contribution in [0, 0.1) is 19.8 Å². The summed E-state index contributed by atoms with van der Waals surface area (Å²) in [7, 11) is 0. The van der Waals surface area contributed by atoms with Crippen molar-refractivity contribution in [2.75, 3.05) is 29.9 Å². The van der Waals surface area contributed by atoms with Crippen molar-refractivity contribution in [1.82, 2.24) is 9.97 Å². The highest BCUT2D eigenvalue weighted by Gasteiger charge is 2.29. The van der Waals surface area contributed by atoms with Crippen molar-refractivity contribution in [2.24, 2.45) is 5.92 Å². The number of para-hydroxylation sites is 2. The molecule has 0 spiro atoms. The molecular weight excluding hydrogens is 388 g/mol. The van der Waals surface area contributed by atoms with Crippen molar-refractivity contribution >= 4 is 28.4 Å². The van der Waals surface area contributed by atoms with Gasteiger partial charge in [0.2, 0.25) is 5.91 Å². The molecule has 1 amide bonds. The van der Waals surface area contributed by atoms with Gasteiger partial charge in [-0.15, -0.1) is 0 Å². The van der Waals surface area contributed by atoms with Gasteiger partial charge >= 0.3 is 0 Å². The Morgan fingerprint density at radius 1 is 1.13 bits per heavy atom. The van der Waals surface area contributed by atoms with Crippen LogP contribution in [0.1, 0.15) is 37.3 Å². The molecule has 2 heterocycles. The van der Waals surface area contributed by atoms with Gasteiger partial charge in [-0.1, -0.05) is 25.1 Å². The van der Waals surface area contributed by atoms with Crippen LogP contribution in [-0.2, 0) is 4.79 Å². The smallest absolute Gasteiger partial charge is 0.258 e. The van der Waals surface area contributed by atoms with Crippen LogP contribution in [0.25, 0.3) is 11.0 Å². The summed E-state index contributed by atoms with van der Waals surface area (Å²) in [6, 6.07) is 13.9. The van der Waals surface area contributed by atoms with Crippen molar-refractivity contribution in [3.63, 3.8) is 0 Å². The van der Waals surface area contributed by atoms with Crippen LogP contribution in [0.2, 0.25) is 0 Å². The number of rotatable bonds is 6. The number of nitrogens with zero attached hydrogens (tertiary/aromatic N) is 3. The highest BCUT2D eigenvalue weighted by Crippen LogP contribution is 2.31. The fourth-order valence-electron chi connectivity index (χ4n) is 3.92. The fourth-order valence-corrected chi connectivity index (χ4v) is 3.92. The molecule has 0 bridgehead atoms. The van der Waals surface area contributed by atoms with Crippen LogP contribution in [0.5, 0.6) is 5.88 Å². The van der Waals surface area contributed by atoms with Crippen LogP contribution in [0.4, 0.5) is 11.5 Å². The van der Waals surface area contributed by atoms with Crippen LogP contribution in [0.3, 0.4) is 0 Å². The maximum Gasteiger partial charge on any atom is 0.258 e. The number of anilines is 2. The molecular formula is C25H30N4O2. The Morgan fingerprint density at radius 3 is 2.65 bits per heavy atom. The van der Waals surface area contributed by atoms with E-state index < -0.39 is 0 Å². The number of hydrogen-bond acceptors (Lipinski definition) is 5. The Hall–Kier alpha value is -3.15. The molecule has 6 heteroatoms. The zero-order chi connectivity index (χ0) is 21.8. The van der Waals surface area contributed by atoms with Gasteiger partial charge in [-0.2, -0.15) is 0 Å². The molecule has 2 aromatic carbocycles. The third kappa shape index (κ3) is 4.79. The summed E-state index contributed by atoms with van der Waals surface area (Å²) >= 11 is 0. The largest absolute Gasteiger partial charge is 0.475 e. The summed E-state index contributed by atoms with van der Waals surface area (Å²) in [6.07, 6.45) is 2.68. The molecule has 3 aromatic rings. The number of amides is 1. The van der Waals surface area contributed by atoms with Crippen LogP contribution in [0.15, 0.2) is 42.5 Å². The second-order valence-electron chi connectivity index (χ2n) is 8.26. The molecule has 1 fully saturated rings. The second-order valence-corrected chi connectivity index (χ2v) is 8.26. The molecule has 1 saturated heterocycles. The van der Waals surface area contributed by atoms with Crippen LogP contribution in [-0.4, -0.2) is 35.6 Å². The summed E-state index contributed by atoms with van der Waals surface area (Å²) in [4.78, 5) is 24.7. The van der Waals surface area contributed by atoms with E-state index in [1.54, 1.807) is 0 Å². The van der Waals surface area contributed by atoms with E-state index in [2.05, 4.69) is 31.0 Å². The zero-order valence-corrected chi connectivity index (χ0v) is 18.5. The van der Waals surface area contributed by atoms with Gasteiger partial charge < -0.3 is 15.0 Å². The van der Waals surface area contributed by atoms with Gasteiger partial charge in [-0.25, -0.2) is 9.97 Å². The molecule has 1 aliphatic rings. The average molecular weight is 419 g/mol. The minimum atomic E-state index is -0.109. The first-order valence-corrected chi connectivity index (χ1v) is 11.1. The van der Waals surface area contributed by atoms with E-state index in [9.17, 15) is 4.79 Å². The van der Waals surface area contributed by atoms with Gasteiger partial charge in [0.05, 0.1) is 23.6 Å². The Balaban J connectivity index is 1.55. The van der Waals surface area contributed by atoms with E-state index in [4.69, 9.17) is 14.7 Å². The molecule has 4 rings (SSSR count). The second kappa shape index (κ2) is 9.33. The lowest BCUT2D eigenvalue weighted by atomic mass is 9.97. The quantitative estimate of drug-likeness (QED) is 0.617. The molecule has 0 radical (unpaired) electrons. The first-order chi connectivity index (χ1) is 15.0. The molecule has 31 heavy (non-hydrogen) atoms. The lowest BCUT2D eigenvalue weighted by molar-refractivity contribution is -0.120. The Kier molecular flexibility index (Phi) is 6.35. The molecule has 0 saturated carbocycles. The zero-order valence-electron chi connectivity index (χ0n) is 18.5. The summed E-state index contributed by atoms with van der Waals surface area (Å²) < 4.78 is 5.95. The van der Waals surface area contributed by atoms with Gasteiger partial charge in [0.15, 0.2) is 5.82 Å². The molecule has 162 valence electrons. The van der Waals surface area contributed by atoms with Crippen LogP contribution < -0.4 is 15.0 Å². The summed E-state index contributed by atoms with van der Waals surface area (Å²) in [5.74, 6) is 1.23. The number of piperidine rings is 1. The first-order valence-electron chi connectivity index (χ1n) is 11.1. The molecule has 1 aliphatic heterocycles. The Labute approximate surface area is 183 Å². The predicted octanol–water partition coefficient (Wildman–Crippen LogP) is 4.89. The number of nitrogens with one attached hydrogen (secondary N) is 1. The minimum absolute atomic E-state index is 0.0535. The van der Waals surface area contributed by atoms with Gasteiger partial charge in [0, 0.05) is 18.8 Å². The molecule has 1 aromatic heterocycles. The third-order valence-corrected chi connectivity index (χ3v) is 5.83. The highest BCUT2D eigenvalue weighted by atomic mass is 16.5. The number of hydrogen-bond donors (Lipinski definition) is 1. The lowest BCUT2D eigenvalue weighted by Gasteiger charge is -2.33. The summed E-state index contributed by atoms with van der Waals surface area (Å²) in [5, 5.41) is 3.10.